The van der Waals surface area contributed by atoms with E-state index in [4.69, 9.17) is 0 Å². The van der Waals surface area contributed by atoms with Gasteiger partial charge in [0.25, 0.3) is 0 Å². The molecule has 3 heterocycles. The van der Waals surface area contributed by atoms with E-state index < -0.39 is 0 Å². The minimum atomic E-state index is 1.20. The molecule has 0 fully saturated rings. The number of rotatable bonds is 2. The van der Waals surface area contributed by atoms with E-state index in [-0.39, 0.29) is 0 Å². The number of fused-ring (bicyclic) bond motifs is 7. The van der Waals surface area contributed by atoms with Crippen molar-refractivity contribution in [3.05, 3.63) is 121 Å². The van der Waals surface area contributed by atoms with Crippen molar-refractivity contribution < 1.29 is 0 Å². The molecule has 0 aliphatic heterocycles. The Bertz CT molecular complexity index is 2120. The monoisotopic (exact) mass is 478 g/mol. The fourth-order valence-electron chi connectivity index (χ4n) is 5.90. The van der Waals surface area contributed by atoms with Gasteiger partial charge in [-0.05, 0) is 55.5 Å². The third-order valence-electron chi connectivity index (χ3n) is 7.43. The molecular formula is C33H22N2S. The first-order valence-corrected chi connectivity index (χ1v) is 13.1. The van der Waals surface area contributed by atoms with E-state index in [0.29, 0.717) is 0 Å². The molecule has 3 heteroatoms. The molecule has 0 amide bonds. The van der Waals surface area contributed by atoms with Crippen LogP contribution in [0.2, 0.25) is 0 Å². The number of aromatic nitrogens is 2. The molecule has 0 unspecified atom stereocenters. The highest BCUT2D eigenvalue weighted by molar-refractivity contribution is 7.26. The van der Waals surface area contributed by atoms with Gasteiger partial charge in [-0.25, -0.2) is 0 Å². The third kappa shape index (κ3) is 2.66. The van der Waals surface area contributed by atoms with Crippen molar-refractivity contribution in [2.45, 2.75) is 6.92 Å². The lowest BCUT2D eigenvalue weighted by molar-refractivity contribution is 1.06. The first kappa shape index (κ1) is 19.9. The summed E-state index contributed by atoms with van der Waals surface area (Å²) >= 11 is 1.88. The van der Waals surface area contributed by atoms with Crippen molar-refractivity contribution in [2.75, 3.05) is 0 Å². The van der Waals surface area contributed by atoms with Crippen LogP contribution in [0.4, 0.5) is 0 Å². The second-order valence-electron chi connectivity index (χ2n) is 9.49. The zero-order chi connectivity index (χ0) is 23.8. The van der Waals surface area contributed by atoms with Crippen molar-refractivity contribution in [1.82, 2.24) is 9.13 Å². The van der Waals surface area contributed by atoms with Gasteiger partial charge >= 0.3 is 0 Å². The minimum Gasteiger partial charge on any atom is -0.314 e. The zero-order valence-electron chi connectivity index (χ0n) is 19.8. The molecule has 5 aromatic carbocycles. The summed E-state index contributed by atoms with van der Waals surface area (Å²) in [6, 6.07) is 42.1. The number of hydrogen-bond acceptors (Lipinski definition) is 1. The average Bonchev–Trinajstić information content (AvgIpc) is 3.57. The minimum absolute atomic E-state index is 1.20. The second kappa shape index (κ2) is 7.33. The van der Waals surface area contributed by atoms with Crippen molar-refractivity contribution in [3.8, 4) is 11.4 Å². The largest absolute Gasteiger partial charge is 0.314 e. The molecule has 0 N–H and O–H groups in total. The fourth-order valence-corrected chi connectivity index (χ4v) is 7.11. The highest BCUT2D eigenvalue weighted by atomic mass is 32.1. The maximum absolute atomic E-state index is 2.45. The Balaban J connectivity index is 1.46. The Hall–Kier alpha value is -4.34. The molecule has 170 valence electrons. The van der Waals surface area contributed by atoms with E-state index in [1.807, 2.05) is 11.3 Å². The van der Waals surface area contributed by atoms with Crippen LogP contribution in [-0.4, -0.2) is 9.13 Å². The molecule has 0 spiro atoms. The zero-order valence-corrected chi connectivity index (χ0v) is 20.6. The predicted molar refractivity (Wildman–Crippen MR) is 155 cm³/mol. The molecule has 0 bridgehead atoms. The SMILES string of the molecule is Cc1cc2ccccc2n1-c1ccc2c(c1)c1ccccc1n2-c1cccc2c1sc1ccccc12. The van der Waals surface area contributed by atoms with Crippen LogP contribution in [-0.2, 0) is 0 Å². The standard InChI is InChI=1S/C33H22N2S/c1-21-19-22-9-2-5-13-28(22)34(21)23-17-18-30-27(20-23)24-10-3-6-14-29(24)35(30)31-15-8-12-26-25-11-4-7-16-32(25)36-33(26)31/h2-20H,1H3. The molecule has 0 saturated carbocycles. The average molecular weight is 479 g/mol. The molecule has 3 aromatic heterocycles. The van der Waals surface area contributed by atoms with Gasteiger partial charge in [0.05, 0.1) is 26.9 Å². The van der Waals surface area contributed by atoms with Gasteiger partial charge < -0.3 is 9.13 Å². The smallest absolute Gasteiger partial charge is 0.0640 e. The normalized spacial score (nSPS) is 12.0. The lowest BCUT2D eigenvalue weighted by Crippen LogP contribution is -1.97. The summed E-state index contributed by atoms with van der Waals surface area (Å²) in [6.07, 6.45) is 0. The van der Waals surface area contributed by atoms with Crippen molar-refractivity contribution in [1.29, 1.82) is 0 Å². The molecule has 0 saturated heterocycles. The maximum atomic E-state index is 2.45. The van der Waals surface area contributed by atoms with Crippen LogP contribution in [0.5, 0.6) is 0 Å². The lowest BCUT2D eigenvalue weighted by atomic mass is 10.1. The summed E-state index contributed by atoms with van der Waals surface area (Å²) in [7, 11) is 0. The van der Waals surface area contributed by atoms with Crippen LogP contribution in [0, 0.1) is 6.92 Å². The summed E-state index contributed by atoms with van der Waals surface area (Å²) in [5.74, 6) is 0. The van der Waals surface area contributed by atoms with Crippen molar-refractivity contribution in [2.24, 2.45) is 0 Å². The lowest BCUT2D eigenvalue weighted by Gasteiger charge is -2.11. The number of benzene rings is 5. The van der Waals surface area contributed by atoms with E-state index in [0.717, 1.165) is 0 Å². The Morgan fingerprint density at radius 1 is 0.528 bits per heavy atom. The molecule has 0 radical (unpaired) electrons. The van der Waals surface area contributed by atoms with Crippen LogP contribution in [0.3, 0.4) is 0 Å². The van der Waals surface area contributed by atoms with Gasteiger partial charge in [0, 0.05) is 43.0 Å². The van der Waals surface area contributed by atoms with Gasteiger partial charge in [-0.15, -0.1) is 11.3 Å². The predicted octanol–water partition coefficient (Wildman–Crippen LogP) is 9.40. The second-order valence-corrected chi connectivity index (χ2v) is 10.5. The molecule has 8 aromatic rings. The molecule has 0 aliphatic carbocycles. The van der Waals surface area contributed by atoms with E-state index in [1.165, 1.54) is 69.9 Å². The summed E-state index contributed by atoms with van der Waals surface area (Å²) in [5, 5.41) is 6.48. The molecule has 0 atom stereocenters. The van der Waals surface area contributed by atoms with Crippen LogP contribution >= 0.6 is 11.3 Å². The first-order chi connectivity index (χ1) is 17.8. The van der Waals surface area contributed by atoms with Gasteiger partial charge in [-0.1, -0.05) is 66.7 Å². The summed E-state index contributed by atoms with van der Waals surface area (Å²) in [4.78, 5) is 0. The number of hydrogen-bond donors (Lipinski definition) is 0. The van der Waals surface area contributed by atoms with Gasteiger partial charge in [0.15, 0.2) is 0 Å². The van der Waals surface area contributed by atoms with Crippen LogP contribution < -0.4 is 0 Å². The quantitative estimate of drug-likeness (QED) is 0.234. The number of thiophene rings is 1. The maximum Gasteiger partial charge on any atom is 0.0640 e. The number of aryl methyl sites for hydroxylation is 1. The Morgan fingerprint density at radius 2 is 1.25 bits per heavy atom. The molecule has 36 heavy (non-hydrogen) atoms. The van der Waals surface area contributed by atoms with E-state index >= 15 is 0 Å². The van der Waals surface area contributed by atoms with Gasteiger partial charge in [0.1, 0.15) is 0 Å². The summed E-state index contributed by atoms with van der Waals surface area (Å²) < 4.78 is 7.48. The number of para-hydroxylation sites is 2. The Labute approximate surface area is 212 Å². The Morgan fingerprint density at radius 3 is 2.17 bits per heavy atom. The first-order valence-electron chi connectivity index (χ1n) is 12.3. The van der Waals surface area contributed by atoms with E-state index in [9.17, 15) is 0 Å². The highest BCUT2D eigenvalue weighted by Gasteiger charge is 2.17. The molecule has 8 rings (SSSR count). The van der Waals surface area contributed by atoms with E-state index in [2.05, 4.69) is 131 Å². The highest BCUT2D eigenvalue weighted by Crippen LogP contribution is 2.41. The van der Waals surface area contributed by atoms with Crippen molar-refractivity contribution in [3.63, 3.8) is 0 Å². The molecule has 2 nitrogen and oxygen atoms in total. The topological polar surface area (TPSA) is 9.86 Å². The fraction of sp³-hybridized carbons (Fsp3) is 0.0303. The van der Waals surface area contributed by atoms with Crippen LogP contribution in [0.1, 0.15) is 5.69 Å². The number of nitrogens with zero attached hydrogens (tertiary/aromatic N) is 2. The van der Waals surface area contributed by atoms with Gasteiger partial charge in [-0.2, -0.15) is 0 Å². The summed E-state index contributed by atoms with van der Waals surface area (Å²) in [5.41, 5.74) is 7.41. The van der Waals surface area contributed by atoms with E-state index in [1.54, 1.807) is 0 Å². The van der Waals surface area contributed by atoms with Crippen LogP contribution in [0.25, 0.3) is 64.3 Å². The molecular weight excluding hydrogens is 456 g/mol. The van der Waals surface area contributed by atoms with Gasteiger partial charge in [0.2, 0.25) is 0 Å². The van der Waals surface area contributed by atoms with Crippen LogP contribution in [0.15, 0.2) is 115 Å². The van der Waals surface area contributed by atoms with Gasteiger partial charge in [-0.3, -0.25) is 0 Å². The molecule has 0 aliphatic rings. The third-order valence-corrected chi connectivity index (χ3v) is 8.64. The Kier molecular flexibility index (Phi) is 4.05. The van der Waals surface area contributed by atoms with Crippen molar-refractivity contribution >= 4 is 64.2 Å². The summed E-state index contributed by atoms with van der Waals surface area (Å²) in [6.45, 7) is 2.19.